The smallest absolute Gasteiger partial charge is 0.263 e. The SMILES string of the molecule is CCCCN(C)C(=O)c1ccc(N(C)C)c(S(=O)(=O)Cl)c1. The number of hydrogen-bond acceptors (Lipinski definition) is 4. The van der Waals surface area contributed by atoms with Crippen LogP contribution in [0.3, 0.4) is 0 Å². The van der Waals surface area contributed by atoms with E-state index in [4.69, 9.17) is 10.7 Å². The second-order valence-electron chi connectivity index (χ2n) is 5.10. The van der Waals surface area contributed by atoms with Crippen LogP contribution in [0, 0.1) is 0 Å². The number of benzene rings is 1. The van der Waals surface area contributed by atoms with Crippen molar-refractivity contribution in [3.05, 3.63) is 23.8 Å². The van der Waals surface area contributed by atoms with Gasteiger partial charge in [-0.1, -0.05) is 13.3 Å². The molecule has 5 nitrogen and oxygen atoms in total. The van der Waals surface area contributed by atoms with Crippen molar-refractivity contribution < 1.29 is 13.2 Å². The van der Waals surface area contributed by atoms with Gasteiger partial charge in [-0.05, 0) is 24.6 Å². The zero-order chi connectivity index (χ0) is 16.2. The lowest BCUT2D eigenvalue weighted by Crippen LogP contribution is -2.28. The molecule has 7 heteroatoms. The quantitative estimate of drug-likeness (QED) is 0.751. The van der Waals surface area contributed by atoms with E-state index in [1.165, 1.54) is 6.07 Å². The lowest BCUT2D eigenvalue weighted by molar-refractivity contribution is 0.0793. The summed E-state index contributed by atoms with van der Waals surface area (Å²) in [5, 5.41) is 0. The van der Waals surface area contributed by atoms with Gasteiger partial charge in [0.15, 0.2) is 0 Å². The van der Waals surface area contributed by atoms with E-state index in [-0.39, 0.29) is 10.8 Å². The van der Waals surface area contributed by atoms with Gasteiger partial charge in [-0.3, -0.25) is 4.79 Å². The van der Waals surface area contributed by atoms with E-state index in [0.29, 0.717) is 17.8 Å². The molecule has 0 fully saturated rings. The van der Waals surface area contributed by atoms with Gasteiger partial charge in [0, 0.05) is 43.9 Å². The normalized spacial score (nSPS) is 11.3. The molecular weight excluding hydrogens is 312 g/mol. The molecule has 0 atom stereocenters. The lowest BCUT2D eigenvalue weighted by Gasteiger charge is -2.19. The molecule has 0 aliphatic carbocycles. The van der Waals surface area contributed by atoms with Crippen molar-refractivity contribution in [1.82, 2.24) is 4.90 Å². The molecule has 0 aromatic heterocycles. The van der Waals surface area contributed by atoms with Crippen molar-refractivity contribution in [1.29, 1.82) is 0 Å². The predicted octanol–water partition coefficient (Wildman–Crippen LogP) is 2.55. The number of unbranched alkanes of at least 4 members (excludes halogenated alkanes) is 1. The summed E-state index contributed by atoms with van der Waals surface area (Å²) in [5.41, 5.74) is 0.774. The highest BCUT2D eigenvalue weighted by molar-refractivity contribution is 8.13. The first kappa shape index (κ1) is 17.8. The molecule has 0 radical (unpaired) electrons. The number of halogens is 1. The average molecular weight is 333 g/mol. The van der Waals surface area contributed by atoms with Crippen LogP contribution in [0.5, 0.6) is 0 Å². The van der Waals surface area contributed by atoms with Crippen molar-refractivity contribution in [3.8, 4) is 0 Å². The van der Waals surface area contributed by atoms with Gasteiger partial charge in [0.25, 0.3) is 15.0 Å². The Hall–Kier alpha value is -1.27. The fraction of sp³-hybridized carbons (Fsp3) is 0.500. The number of rotatable bonds is 6. The molecule has 21 heavy (non-hydrogen) atoms. The van der Waals surface area contributed by atoms with E-state index in [1.54, 1.807) is 43.1 Å². The van der Waals surface area contributed by atoms with Gasteiger partial charge < -0.3 is 9.80 Å². The van der Waals surface area contributed by atoms with Crippen molar-refractivity contribution in [2.24, 2.45) is 0 Å². The predicted molar refractivity (Wildman–Crippen MR) is 85.7 cm³/mol. The van der Waals surface area contributed by atoms with Gasteiger partial charge in [0.05, 0.1) is 5.69 Å². The third-order valence-electron chi connectivity index (χ3n) is 3.15. The minimum atomic E-state index is -3.92. The zero-order valence-corrected chi connectivity index (χ0v) is 14.3. The van der Waals surface area contributed by atoms with Crippen molar-refractivity contribution in [3.63, 3.8) is 0 Å². The molecule has 0 aliphatic heterocycles. The summed E-state index contributed by atoms with van der Waals surface area (Å²) in [4.78, 5) is 15.5. The molecule has 0 unspecified atom stereocenters. The lowest BCUT2D eigenvalue weighted by atomic mass is 10.1. The maximum atomic E-state index is 12.3. The van der Waals surface area contributed by atoms with Crippen LogP contribution < -0.4 is 4.90 Å². The molecule has 118 valence electrons. The second-order valence-corrected chi connectivity index (χ2v) is 7.63. The fourth-order valence-electron chi connectivity index (χ4n) is 1.93. The van der Waals surface area contributed by atoms with Crippen LogP contribution in [0.1, 0.15) is 30.1 Å². The average Bonchev–Trinajstić information content (AvgIpc) is 2.42. The Balaban J connectivity index is 3.20. The Morgan fingerprint density at radius 2 is 1.86 bits per heavy atom. The molecule has 0 bridgehead atoms. The third-order valence-corrected chi connectivity index (χ3v) is 4.50. The molecule has 0 heterocycles. The maximum Gasteiger partial charge on any atom is 0.263 e. The van der Waals surface area contributed by atoms with Crippen LogP contribution in [0.15, 0.2) is 23.1 Å². The highest BCUT2D eigenvalue weighted by Gasteiger charge is 2.21. The molecule has 0 saturated heterocycles. The number of nitrogens with zero attached hydrogens (tertiary/aromatic N) is 2. The van der Waals surface area contributed by atoms with Gasteiger partial charge in [0.1, 0.15) is 4.90 Å². The number of anilines is 1. The Morgan fingerprint density at radius 1 is 1.24 bits per heavy atom. The van der Waals surface area contributed by atoms with E-state index >= 15 is 0 Å². The van der Waals surface area contributed by atoms with E-state index in [1.807, 2.05) is 6.92 Å². The van der Waals surface area contributed by atoms with E-state index in [9.17, 15) is 13.2 Å². The fourth-order valence-corrected chi connectivity index (χ4v) is 3.07. The van der Waals surface area contributed by atoms with Crippen LogP contribution >= 0.6 is 10.7 Å². The number of carbonyl (C=O) groups is 1. The van der Waals surface area contributed by atoms with Crippen molar-refractivity contribution in [2.75, 3.05) is 32.6 Å². The summed E-state index contributed by atoms with van der Waals surface area (Å²) in [7, 11) is 6.69. The molecule has 0 saturated carbocycles. The first-order valence-electron chi connectivity index (χ1n) is 6.70. The molecule has 1 aromatic rings. The minimum absolute atomic E-state index is 0.0519. The van der Waals surface area contributed by atoms with Gasteiger partial charge >= 0.3 is 0 Å². The van der Waals surface area contributed by atoms with Crippen LogP contribution in [-0.2, 0) is 9.05 Å². The van der Waals surface area contributed by atoms with Gasteiger partial charge in [-0.25, -0.2) is 8.42 Å². The summed E-state index contributed by atoms with van der Waals surface area (Å²) in [6, 6.07) is 4.55. The second kappa shape index (κ2) is 7.13. The summed E-state index contributed by atoms with van der Waals surface area (Å²) in [6.45, 7) is 2.68. The Bertz CT molecular complexity index is 615. The van der Waals surface area contributed by atoms with Gasteiger partial charge in [-0.15, -0.1) is 0 Å². The van der Waals surface area contributed by atoms with Crippen LogP contribution in [0.4, 0.5) is 5.69 Å². The first-order valence-corrected chi connectivity index (χ1v) is 9.01. The Kier molecular flexibility index (Phi) is 6.04. The topological polar surface area (TPSA) is 57.7 Å². The maximum absolute atomic E-state index is 12.3. The first-order chi connectivity index (χ1) is 9.68. The van der Waals surface area contributed by atoms with Gasteiger partial charge in [-0.2, -0.15) is 0 Å². The molecule has 1 amide bonds. The van der Waals surface area contributed by atoms with E-state index < -0.39 is 9.05 Å². The van der Waals surface area contributed by atoms with Crippen molar-refractivity contribution in [2.45, 2.75) is 24.7 Å². The monoisotopic (exact) mass is 332 g/mol. The third kappa shape index (κ3) is 4.61. The molecule has 0 aliphatic rings. The number of amides is 1. The van der Waals surface area contributed by atoms with Crippen LogP contribution in [0.2, 0.25) is 0 Å². The Labute approximate surface area is 130 Å². The zero-order valence-electron chi connectivity index (χ0n) is 12.8. The molecule has 0 N–H and O–H groups in total. The van der Waals surface area contributed by atoms with Crippen molar-refractivity contribution >= 4 is 31.3 Å². The summed E-state index contributed by atoms with van der Waals surface area (Å²) < 4.78 is 23.4. The Morgan fingerprint density at radius 3 is 2.33 bits per heavy atom. The number of carbonyl (C=O) groups excluding carboxylic acids is 1. The number of hydrogen-bond donors (Lipinski definition) is 0. The molecule has 0 spiro atoms. The molecule has 1 rings (SSSR count). The summed E-state index contributed by atoms with van der Waals surface area (Å²) in [6.07, 6.45) is 1.89. The molecular formula is C14H21ClN2O3S. The minimum Gasteiger partial charge on any atom is -0.377 e. The highest BCUT2D eigenvalue weighted by Crippen LogP contribution is 2.28. The summed E-state index contributed by atoms with van der Waals surface area (Å²) >= 11 is 0. The van der Waals surface area contributed by atoms with E-state index in [0.717, 1.165) is 12.8 Å². The van der Waals surface area contributed by atoms with Crippen LogP contribution in [-0.4, -0.2) is 46.9 Å². The largest absolute Gasteiger partial charge is 0.377 e. The summed E-state index contributed by atoms with van der Waals surface area (Å²) in [5.74, 6) is -0.213. The van der Waals surface area contributed by atoms with E-state index in [2.05, 4.69) is 0 Å². The van der Waals surface area contributed by atoms with Gasteiger partial charge in [0.2, 0.25) is 0 Å². The standard InChI is InChI=1S/C14H21ClN2O3S/c1-5-6-9-17(4)14(18)11-7-8-12(16(2)3)13(10-11)21(15,19)20/h7-8,10H,5-6,9H2,1-4H3. The molecule has 1 aromatic carbocycles. The van der Waals surface area contributed by atoms with Crippen LogP contribution in [0.25, 0.3) is 0 Å². The highest BCUT2D eigenvalue weighted by atomic mass is 35.7.